The number of hydrogen-bond acceptors (Lipinski definition) is 8. The van der Waals surface area contributed by atoms with Crippen LogP contribution >= 0.6 is 12.2 Å². The molecule has 1 aromatic heterocycles. The van der Waals surface area contributed by atoms with Crippen LogP contribution in [-0.2, 0) is 20.6 Å². The molecule has 0 aliphatic carbocycles. The quantitative estimate of drug-likeness (QED) is 0.0717. The number of rotatable bonds is 8. The minimum Gasteiger partial charge on any atom is -0.492 e. The minimum atomic E-state index is -4.77. The number of benzene rings is 3. The second-order valence-electron chi connectivity index (χ2n) is 12.2. The normalized spacial score (nSPS) is 17.8. The van der Waals surface area contributed by atoms with Gasteiger partial charge in [-0.2, -0.15) is 13.2 Å². The molecule has 2 saturated heterocycles. The Hall–Kier alpha value is -5.51. The van der Waals surface area contributed by atoms with Crippen molar-refractivity contribution in [2.45, 2.75) is 44.3 Å². The fourth-order valence-electron chi connectivity index (χ4n) is 6.02. The summed E-state index contributed by atoms with van der Waals surface area (Å²) in [5, 5.41) is 5.36. The summed E-state index contributed by atoms with van der Waals surface area (Å²) in [6.45, 7) is 2.99. The molecule has 0 bridgehead atoms. The summed E-state index contributed by atoms with van der Waals surface area (Å²) in [5.74, 6) is -3.17. The lowest BCUT2D eigenvalue weighted by molar-refractivity contribution is -0.137. The molecule has 260 valence electrons. The van der Waals surface area contributed by atoms with Crippen LogP contribution in [0.1, 0.15) is 54.1 Å². The average molecular weight is 712 g/mol. The zero-order valence-corrected chi connectivity index (χ0v) is 27.3. The number of imide groups is 1. The highest BCUT2D eigenvalue weighted by Gasteiger charge is 2.51. The third-order valence-corrected chi connectivity index (χ3v) is 8.94. The van der Waals surface area contributed by atoms with Crippen molar-refractivity contribution in [3.63, 3.8) is 0 Å². The molecule has 0 radical (unpaired) electrons. The van der Waals surface area contributed by atoms with Crippen LogP contribution in [0.15, 0.2) is 65.3 Å². The smallest absolute Gasteiger partial charge is 0.418 e. The van der Waals surface area contributed by atoms with E-state index < -0.39 is 52.4 Å². The lowest BCUT2D eigenvalue weighted by atomic mass is 9.90. The number of alkyl halides is 3. The molecule has 6 rings (SSSR count). The highest BCUT2D eigenvalue weighted by molar-refractivity contribution is 7.81. The van der Waals surface area contributed by atoms with Crippen molar-refractivity contribution < 1.29 is 45.9 Å². The van der Waals surface area contributed by atoms with E-state index in [1.165, 1.54) is 43.2 Å². The Balaban J connectivity index is 1.11. The first-order chi connectivity index (χ1) is 23.6. The molecular weight excluding hydrogens is 682 g/mol. The SMILES string of the molecule is CC1(C)C(=O)N(c2ccc(N)c(C(F)(F)F)c2)C(=S)N1c1ccc(C(=O)NCCOc2ccc3occ(C4CCC(=O)NC4=O)c3c2)c(F)c1. The highest BCUT2D eigenvalue weighted by atomic mass is 32.1. The molecule has 2 fully saturated rings. The van der Waals surface area contributed by atoms with Crippen molar-refractivity contribution in [2.75, 3.05) is 28.7 Å². The summed E-state index contributed by atoms with van der Waals surface area (Å²) in [6, 6.07) is 11.6. The monoisotopic (exact) mass is 711 g/mol. The van der Waals surface area contributed by atoms with Crippen LogP contribution in [0.4, 0.5) is 34.6 Å². The summed E-state index contributed by atoms with van der Waals surface area (Å²) in [6.07, 6.45) is -2.73. The van der Waals surface area contributed by atoms with Gasteiger partial charge in [0.15, 0.2) is 5.11 Å². The Kier molecular flexibility index (Phi) is 8.76. The molecule has 4 amide bonds. The molecule has 16 heteroatoms. The predicted octanol–water partition coefficient (Wildman–Crippen LogP) is 5.42. The second-order valence-corrected chi connectivity index (χ2v) is 12.6. The summed E-state index contributed by atoms with van der Waals surface area (Å²) >= 11 is 5.50. The maximum Gasteiger partial charge on any atom is 0.418 e. The number of thiocarbonyl (C=S) groups is 1. The van der Waals surface area contributed by atoms with E-state index in [1.807, 2.05) is 0 Å². The molecule has 1 unspecified atom stereocenters. The zero-order valence-electron chi connectivity index (χ0n) is 26.5. The molecule has 4 N–H and O–H groups in total. The van der Waals surface area contributed by atoms with Crippen LogP contribution in [0, 0.1) is 5.82 Å². The van der Waals surface area contributed by atoms with Gasteiger partial charge in [0, 0.05) is 28.7 Å². The van der Waals surface area contributed by atoms with Crippen molar-refractivity contribution >= 4 is 69.0 Å². The number of piperidine rings is 1. The molecule has 2 aliphatic rings. The summed E-state index contributed by atoms with van der Waals surface area (Å²) in [4.78, 5) is 52.4. The van der Waals surface area contributed by atoms with Gasteiger partial charge in [0.25, 0.3) is 11.8 Å². The van der Waals surface area contributed by atoms with Gasteiger partial charge in [-0.15, -0.1) is 0 Å². The van der Waals surface area contributed by atoms with Crippen molar-refractivity contribution in [3.8, 4) is 5.75 Å². The largest absolute Gasteiger partial charge is 0.492 e. The van der Waals surface area contributed by atoms with Gasteiger partial charge >= 0.3 is 6.18 Å². The van der Waals surface area contributed by atoms with Gasteiger partial charge < -0.3 is 25.1 Å². The van der Waals surface area contributed by atoms with Crippen LogP contribution in [0.2, 0.25) is 0 Å². The Morgan fingerprint density at radius 3 is 2.54 bits per heavy atom. The van der Waals surface area contributed by atoms with Gasteiger partial charge in [0.1, 0.15) is 29.3 Å². The number of carbonyl (C=O) groups excluding carboxylic acids is 4. The number of anilines is 3. The molecule has 0 saturated carbocycles. The van der Waals surface area contributed by atoms with E-state index in [1.54, 1.807) is 18.2 Å². The van der Waals surface area contributed by atoms with Gasteiger partial charge in [0.05, 0.1) is 35.5 Å². The Morgan fingerprint density at radius 1 is 1.10 bits per heavy atom. The highest BCUT2D eigenvalue weighted by Crippen LogP contribution is 2.41. The average Bonchev–Trinajstić information content (AvgIpc) is 3.53. The predicted molar refractivity (Wildman–Crippen MR) is 178 cm³/mol. The lowest BCUT2D eigenvalue weighted by Gasteiger charge is -2.29. The first-order valence-corrected chi connectivity index (χ1v) is 15.7. The summed E-state index contributed by atoms with van der Waals surface area (Å²) in [5.41, 5.74) is 3.23. The number of hydrogen-bond donors (Lipinski definition) is 3. The third-order valence-electron chi connectivity index (χ3n) is 8.57. The van der Waals surface area contributed by atoms with Crippen LogP contribution in [0.25, 0.3) is 11.0 Å². The van der Waals surface area contributed by atoms with E-state index in [-0.39, 0.29) is 47.5 Å². The number of nitrogens with zero attached hydrogens (tertiary/aromatic N) is 2. The Bertz CT molecular complexity index is 2080. The van der Waals surface area contributed by atoms with Gasteiger partial charge in [-0.25, -0.2) is 4.39 Å². The summed E-state index contributed by atoms with van der Waals surface area (Å²) in [7, 11) is 0. The molecule has 3 aromatic carbocycles. The van der Waals surface area contributed by atoms with E-state index in [4.69, 9.17) is 27.1 Å². The van der Waals surface area contributed by atoms with E-state index in [0.717, 1.165) is 23.1 Å². The van der Waals surface area contributed by atoms with Crippen molar-refractivity contribution in [3.05, 3.63) is 83.4 Å². The molecule has 4 aromatic rings. The second kappa shape index (κ2) is 12.7. The van der Waals surface area contributed by atoms with E-state index in [0.29, 0.717) is 28.7 Å². The van der Waals surface area contributed by atoms with Gasteiger partial charge in [-0.3, -0.25) is 29.4 Å². The number of nitrogen functional groups attached to an aromatic ring is 1. The van der Waals surface area contributed by atoms with Crippen LogP contribution in [0.5, 0.6) is 5.75 Å². The molecule has 50 heavy (non-hydrogen) atoms. The van der Waals surface area contributed by atoms with Crippen molar-refractivity contribution in [1.82, 2.24) is 10.6 Å². The number of furan rings is 1. The fraction of sp³-hybridized carbons (Fsp3) is 0.265. The number of carbonyl (C=O) groups is 4. The van der Waals surface area contributed by atoms with E-state index in [2.05, 4.69) is 10.6 Å². The number of nitrogens with two attached hydrogens (primary N) is 1. The Morgan fingerprint density at radius 2 is 1.84 bits per heavy atom. The first kappa shape index (κ1) is 34.4. The standard InChI is InChI=1S/C34H29F4N5O6S/c1-33(2)31(47)42(17-4-8-26(39)24(13-17)34(36,37)38)32(50)43(33)18-3-6-21(25(35)14-18)29(45)40-11-12-48-19-5-9-27-22(15-19)23(16-49-27)20-7-10-28(44)41-30(20)46/h3-6,8-9,13-16,20H,7,10-12,39H2,1-2H3,(H,40,45)(H,41,44,46). The molecule has 0 spiro atoms. The first-order valence-electron chi connectivity index (χ1n) is 15.3. The summed E-state index contributed by atoms with van der Waals surface area (Å²) < 4.78 is 67.3. The van der Waals surface area contributed by atoms with Gasteiger partial charge in [-0.1, -0.05) is 0 Å². The van der Waals surface area contributed by atoms with E-state index in [9.17, 15) is 32.3 Å². The van der Waals surface area contributed by atoms with E-state index >= 15 is 4.39 Å². The van der Waals surface area contributed by atoms with Crippen LogP contribution in [-0.4, -0.2) is 47.4 Å². The number of amides is 4. The zero-order chi connectivity index (χ0) is 36.1. The van der Waals surface area contributed by atoms with Crippen LogP contribution in [0.3, 0.4) is 0 Å². The molecule has 2 aliphatic heterocycles. The van der Waals surface area contributed by atoms with Crippen molar-refractivity contribution in [2.24, 2.45) is 0 Å². The van der Waals surface area contributed by atoms with Gasteiger partial charge in [0.2, 0.25) is 11.8 Å². The number of nitrogens with one attached hydrogen (secondary N) is 2. The molecular formula is C34H29F4N5O6S. The topological polar surface area (TPSA) is 147 Å². The Labute approximate surface area is 287 Å². The minimum absolute atomic E-state index is 0.00233. The number of halogens is 4. The third kappa shape index (κ3) is 6.21. The molecule has 1 atom stereocenters. The fourth-order valence-corrected chi connectivity index (χ4v) is 6.54. The molecule has 3 heterocycles. The maximum absolute atomic E-state index is 15.4. The van der Waals surface area contributed by atoms with Crippen LogP contribution < -0.4 is 30.9 Å². The lowest BCUT2D eigenvalue weighted by Crippen LogP contribution is -2.44. The molecule has 11 nitrogen and oxygen atoms in total. The van der Waals surface area contributed by atoms with Gasteiger partial charge in [-0.05, 0) is 87.1 Å². The number of ether oxygens (including phenoxy) is 1. The maximum atomic E-state index is 15.4. The van der Waals surface area contributed by atoms with Crippen molar-refractivity contribution in [1.29, 1.82) is 0 Å². The number of fused-ring (bicyclic) bond motifs is 1.